The molecule has 0 atom stereocenters. The minimum atomic E-state index is -2.87. The van der Waals surface area contributed by atoms with Gasteiger partial charge in [0.05, 0.1) is 6.42 Å². The minimum Gasteiger partial charge on any atom is -0.435 e. The summed E-state index contributed by atoms with van der Waals surface area (Å²) in [5.74, 6) is -0.0880. The van der Waals surface area contributed by atoms with Crippen LogP contribution in [-0.2, 0) is 6.42 Å². The molecule has 0 aliphatic carbocycles. The first kappa shape index (κ1) is 14.1. The predicted molar refractivity (Wildman–Crippen MR) is 70.1 cm³/mol. The summed E-state index contributed by atoms with van der Waals surface area (Å²) in [6, 6.07) is 9.31. The number of nitrogens with zero attached hydrogens (tertiary/aromatic N) is 1. The summed E-state index contributed by atoms with van der Waals surface area (Å²) in [7, 11) is 0. The Morgan fingerprint density at radius 1 is 1.20 bits per heavy atom. The molecule has 104 valence electrons. The van der Waals surface area contributed by atoms with E-state index in [1.807, 2.05) is 13.0 Å². The number of hydrogen-bond donors (Lipinski definition) is 0. The summed E-state index contributed by atoms with van der Waals surface area (Å²) >= 11 is 0. The molecule has 0 saturated heterocycles. The lowest BCUT2D eigenvalue weighted by atomic mass is 10.1. The van der Waals surface area contributed by atoms with Gasteiger partial charge in [-0.3, -0.25) is 9.78 Å². The fourth-order valence-electron chi connectivity index (χ4n) is 1.69. The Morgan fingerprint density at radius 3 is 2.45 bits per heavy atom. The van der Waals surface area contributed by atoms with Crippen molar-refractivity contribution in [1.29, 1.82) is 0 Å². The van der Waals surface area contributed by atoms with Crippen molar-refractivity contribution >= 4 is 5.78 Å². The minimum absolute atomic E-state index is 0.0324. The Labute approximate surface area is 115 Å². The second-order valence-electron chi connectivity index (χ2n) is 4.33. The van der Waals surface area contributed by atoms with Crippen molar-refractivity contribution in [3.8, 4) is 5.75 Å². The molecule has 0 fully saturated rings. The summed E-state index contributed by atoms with van der Waals surface area (Å²) in [6.07, 6.45) is 1.87. The molecule has 20 heavy (non-hydrogen) atoms. The van der Waals surface area contributed by atoms with Crippen LogP contribution in [0, 0.1) is 6.92 Å². The Balaban J connectivity index is 2.03. The molecule has 0 spiro atoms. The molecule has 1 aromatic heterocycles. The number of Topliss-reactive ketones (excluding diaryl/α,β-unsaturated/α-hetero) is 1. The van der Waals surface area contributed by atoms with Gasteiger partial charge in [0.25, 0.3) is 0 Å². The van der Waals surface area contributed by atoms with Crippen LogP contribution in [0.2, 0.25) is 0 Å². The molecule has 2 rings (SSSR count). The Hall–Kier alpha value is -2.30. The number of carbonyl (C=O) groups excluding carboxylic acids is 1. The van der Waals surface area contributed by atoms with E-state index in [1.165, 1.54) is 24.3 Å². The van der Waals surface area contributed by atoms with Gasteiger partial charge < -0.3 is 4.74 Å². The maximum absolute atomic E-state index is 12.0. The van der Waals surface area contributed by atoms with Crippen LogP contribution < -0.4 is 4.74 Å². The van der Waals surface area contributed by atoms with Crippen LogP contribution in [0.1, 0.15) is 21.6 Å². The van der Waals surface area contributed by atoms with Crippen LogP contribution in [0.15, 0.2) is 42.6 Å². The zero-order valence-corrected chi connectivity index (χ0v) is 10.8. The molecule has 1 heterocycles. The van der Waals surface area contributed by atoms with Crippen LogP contribution >= 0.6 is 0 Å². The second-order valence-corrected chi connectivity index (χ2v) is 4.33. The smallest absolute Gasteiger partial charge is 0.387 e. The number of pyridine rings is 1. The molecule has 0 N–H and O–H groups in total. The first-order chi connectivity index (χ1) is 9.54. The fourth-order valence-corrected chi connectivity index (χ4v) is 1.69. The molecule has 0 aliphatic rings. The predicted octanol–water partition coefficient (Wildman–Crippen LogP) is 3.42. The molecule has 0 aliphatic heterocycles. The number of hydrogen-bond acceptors (Lipinski definition) is 3. The molecule has 1 aromatic carbocycles. The van der Waals surface area contributed by atoms with E-state index in [4.69, 9.17) is 0 Å². The van der Waals surface area contributed by atoms with Crippen molar-refractivity contribution in [2.24, 2.45) is 0 Å². The third-order valence-corrected chi connectivity index (χ3v) is 2.72. The number of halogens is 2. The van der Waals surface area contributed by atoms with Crippen LogP contribution in [0.4, 0.5) is 8.78 Å². The summed E-state index contributed by atoms with van der Waals surface area (Å²) in [5, 5.41) is 0. The van der Waals surface area contributed by atoms with Crippen molar-refractivity contribution < 1.29 is 18.3 Å². The number of aromatic nitrogens is 1. The van der Waals surface area contributed by atoms with Crippen molar-refractivity contribution in [2.75, 3.05) is 0 Å². The van der Waals surface area contributed by atoms with E-state index >= 15 is 0 Å². The van der Waals surface area contributed by atoms with Crippen LogP contribution in [0.5, 0.6) is 5.75 Å². The molecule has 0 bridgehead atoms. The number of alkyl halides is 2. The first-order valence-corrected chi connectivity index (χ1v) is 6.04. The van der Waals surface area contributed by atoms with Crippen LogP contribution in [0.25, 0.3) is 0 Å². The van der Waals surface area contributed by atoms with Crippen molar-refractivity contribution in [1.82, 2.24) is 4.98 Å². The van der Waals surface area contributed by atoms with Gasteiger partial charge in [0.1, 0.15) is 5.75 Å². The quantitative estimate of drug-likeness (QED) is 0.786. The van der Waals surface area contributed by atoms with Gasteiger partial charge in [-0.15, -0.1) is 0 Å². The molecule has 5 heteroatoms. The third-order valence-electron chi connectivity index (χ3n) is 2.72. The number of carbonyl (C=O) groups is 1. The zero-order chi connectivity index (χ0) is 14.5. The average molecular weight is 277 g/mol. The lowest BCUT2D eigenvalue weighted by molar-refractivity contribution is -0.0498. The van der Waals surface area contributed by atoms with Crippen LogP contribution in [-0.4, -0.2) is 17.4 Å². The van der Waals surface area contributed by atoms with Crippen molar-refractivity contribution in [3.05, 3.63) is 59.4 Å². The molecule has 0 radical (unpaired) electrons. The van der Waals surface area contributed by atoms with Crippen molar-refractivity contribution in [3.63, 3.8) is 0 Å². The third kappa shape index (κ3) is 3.85. The van der Waals surface area contributed by atoms with Gasteiger partial charge >= 0.3 is 6.61 Å². The number of ether oxygens (including phenoxy) is 1. The number of rotatable bonds is 5. The molecular weight excluding hydrogens is 264 g/mol. The first-order valence-electron chi connectivity index (χ1n) is 6.04. The normalized spacial score (nSPS) is 10.6. The monoisotopic (exact) mass is 277 g/mol. The fraction of sp³-hybridized carbons (Fsp3) is 0.200. The highest BCUT2D eigenvalue weighted by Crippen LogP contribution is 2.16. The maximum atomic E-state index is 12.0. The summed E-state index contributed by atoms with van der Waals surface area (Å²) in [6.45, 7) is -0.950. The van der Waals surface area contributed by atoms with E-state index in [9.17, 15) is 13.6 Å². The zero-order valence-electron chi connectivity index (χ0n) is 10.8. The van der Waals surface area contributed by atoms with E-state index in [1.54, 1.807) is 12.3 Å². The van der Waals surface area contributed by atoms with Gasteiger partial charge in [0.15, 0.2) is 5.78 Å². The molecule has 0 saturated carbocycles. The Bertz CT molecular complexity index is 580. The second kappa shape index (κ2) is 6.23. The molecule has 2 aromatic rings. The van der Waals surface area contributed by atoms with Gasteiger partial charge in [0, 0.05) is 17.5 Å². The van der Waals surface area contributed by atoms with Gasteiger partial charge in [-0.05, 0) is 42.8 Å². The molecule has 3 nitrogen and oxygen atoms in total. The Kier molecular flexibility index (Phi) is 4.40. The summed E-state index contributed by atoms with van der Waals surface area (Å²) in [4.78, 5) is 16.2. The molecule has 0 amide bonds. The highest BCUT2D eigenvalue weighted by Gasteiger charge is 2.09. The largest absolute Gasteiger partial charge is 0.435 e. The maximum Gasteiger partial charge on any atom is 0.387 e. The van der Waals surface area contributed by atoms with Crippen LogP contribution in [0.3, 0.4) is 0 Å². The SMILES string of the molecule is Cc1ccc(CC(=O)c2ccc(OC(F)F)cc2)nc1. The molecular formula is C15H13F2NO2. The van der Waals surface area contributed by atoms with E-state index in [2.05, 4.69) is 9.72 Å². The number of ketones is 1. The average Bonchev–Trinajstić information content (AvgIpc) is 2.41. The van der Waals surface area contributed by atoms with Crippen molar-refractivity contribution in [2.45, 2.75) is 20.0 Å². The van der Waals surface area contributed by atoms with Gasteiger partial charge in [-0.25, -0.2) is 0 Å². The van der Waals surface area contributed by atoms with E-state index in [0.717, 1.165) is 5.56 Å². The highest BCUT2D eigenvalue weighted by molar-refractivity contribution is 5.97. The summed E-state index contributed by atoms with van der Waals surface area (Å²) < 4.78 is 28.2. The van der Waals surface area contributed by atoms with E-state index in [0.29, 0.717) is 11.3 Å². The van der Waals surface area contributed by atoms with Gasteiger partial charge in [-0.1, -0.05) is 6.07 Å². The lowest BCUT2D eigenvalue weighted by Gasteiger charge is -2.05. The summed E-state index contributed by atoms with van der Waals surface area (Å²) in [5.41, 5.74) is 2.14. The standard InChI is InChI=1S/C15H13F2NO2/c1-10-2-5-12(18-9-10)8-14(19)11-3-6-13(7-4-11)20-15(16)17/h2-7,9,15H,8H2,1H3. The highest BCUT2D eigenvalue weighted by atomic mass is 19.3. The Morgan fingerprint density at radius 2 is 1.90 bits per heavy atom. The van der Waals surface area contributed by atoms with E-state index < -0.39 is 6.61 Å². The van der Waals surface area contributed by atoms with Gasteiger partial charge in [0.2, 0.25) is 0 Å². The molecule has 0 unspecified atom stereocenters. The lowest BCUT2D eigenvalue weighted by Crippen LogP contribution is -2.06. The van der Waals surface area contributed by atoms with E-state index in [-0.39, 0.29) is 18.0 Å². The number of benzene rings is 1. The topological polar surface area (TPSA) is 39.2 Å². The van der Waals surface area contributed by atoms with Gasteiger partial charge in [-0.2, -0.15) is 8.78 Å². The number of aryl methyl sites for hydroxylation is 1.